The van der Waals surface area contributed by atoms with Crippen LogP contribution in [0.5, 0.6) is 17.2 Å². The smallest absolute Gasteiger partial charge is 0.236 e. The Hall–Kier alpha value is -3.31. The second kappa shape index (κ2) is 9.88. The number of benzene rings is 2. The van der Waals surface area contributed by atoms with E-state index in [2.05, 4.69) is 25.5 Å². The van der Waals surface area contributed by atoms with Crippen LogP contribution in [0, 0.1) is 0 Å². The molecule has 2 aromatic carbocycles. The molecule has 0 saturated carbocycles. The molecule has 1 amide bonds. The van der Waals surface area contributed by atoms with Crippen LogP contribution in [-0.4, -0.2) is 52.7 Å². The minimum absolute atomic E-state index is 0.150. The molecule has 0 spiro atoms. The molecular weight excluding hydrogens is 450 g/mol. The number of hydrogen-bond donors (Lipinski definition) is 2. The number of nitrogens with one attached hydrogen (secondary N) is 2. The fraction of sp³-hybridized carbons (Fsp3) is 0.238. The lowest BCUT2D eigenvalue weighted by Crippen LogP contribution is -2.13. The Morgan fingerprint density at radius 1 is 1.12 bits per heavy atom. The van der Waals surface area contributed by atoms with E-state index in [0.717, 1.165) is 21.5 Å². The quantitative estimate of drug-likeness (QED) is 0.349. The Balaban J connectivity index is 1.38. The van der Waals surface area contributed by atoms with Crippen LogP contribution in [0.15, 0.2) is 41.6 Å². The van der Waals surface area contributed by atoms with Gasteiger partial charge in [-0.2, -0.15) is 0 Å². The molecule has 2 N–H and O–H groups in total. The van der Waals surface area contributed by atoms with Crippen LogP contribution >= 0.6 is 23.1 Å². The van der Waals surface area contributed by atoms with Crippen molar-refractivity contribution in [2.24, 2.45) is 0 Å². The number of aromatic nitrogens is 4. The predicted molar refractivity (Wildman–Crippen MR) is 125 cm³/mol. The summed E-state index contributed by atoms with van der Waals surface area (Å²) in [6.45, 7) is 2.53. The van der Waals surface area contributed by atoms with Gasteiger partial charge in [0, 0.05) is 6.07 Å². The van der Waals surface area contributed by atoms with E-state index in [0.29, 0.717) is 34.2 Å². The SMILES string of the molecule is CCOc1ccc2nc(NC(=O)CSc3n[nH]c(-c4ccc(OC)cc4OC)n3)sc2c1. The summed E-state index contributed by atoms with van der Waals surface area (Å²) in [6, 6.07) is 11.1. The lowest BCUT2D eigenvalue weighted by molar-refractivity contribution is -0.113. The average Bonchev–Trinajstić information content (AvgIpc) is 3.43. The summed E-state index contributed by atoms with van der Waals surface area (Å²) in [5.41, 5.74) is 1.56. The van der Waals surface area contributed by atoms with Crippen LogP contribution in [0.1, 0.15) is 6.92 Å². The molecule has 0 bridgehead atoms. The molecule has 4 rings (SSSR count). The number of carbonyl (C=O) groups excluding carboxylic acids is 1. The number of thioether (sulfide) groups is 1. The summed E-state index contributed by atoms with van der Waals surface area (Å²) in [7, 11) is 3.17. The molecule has 9 nitrogen and oxygen atoms in total. The lowest BCUT2D eigenvalue weighted by Gasteiger charge is -2.07. The average molecular weight is 472 g/mol. The minimum atomic E-state index is -0.188. The van der Waals surface area contributed by atoms with Gasteiger partial charge in [-0.25, -0.2) is 9.97 Å². The molecule has 0 aliphatic rings. The maximum atomic E-state index is 12.4. The number of rotatable bonds is 9. The predicted octanol–water partition coefficient (Wildman–Crippen LogP) is 4.23. The third-order valence-corrected chi connectivity index (χ3v) is 6.16. The molecule has 4 aromatic rings. The summed E-state index contributed by atoms with van der Waals surface area (Å²) in [5, 5.41) is 10.9. The first kappa shape index (κ1) is 21.9. The summed E-state index contributed by atoms with van der Waals surface area (Å²) >= 11 is 2.63. The summed E-state index contributed by atoms with van der Waals surface area (Å²) in [6.07, 6.45) is 0. The number of fused-ring (bicyclic) bond motifs is 1. The summed E-state index contributed by atoms with van der Waals surface area (Å²) < 4.78 is 17.1. The van der Waals surface area contributed by atoms with Crippen LogP contribution in [0.25, 0.3) is 21.6 Å². The highest BCUT2D eigenvalue weighted by Gasteiger charge is 2.14. The van der Waals surface area contributed by atoms with Gasteiger partial charge in [-0.15, -0.1) is 5.10 Å². The fourth-order valence-electron chi connectivity index (χ4n) is 2.93. The Bertz CT molecular complexity index is 1240. The van der Waals surface area contributed by atoms with Gasteiger partial charge in [-0.1, -0.05) is 23.1 Å². The van der Waals surface area contributed by atoms with Gasteiger partial charge in [0.05, 0.1) is 42.4 Å². The highest BCUT2D eigenvalue weighted by atomic mass is 32.2. The minimum Gasteiger partial charge on any atom is -0.497 e. The highest BCUT2D eigenvalue weighted by Crippen LogP contribution is 2.32. The zero-order chi connectivity index (χ0) is 22.5. The maximum absolute atomic E-state index is 12.4. The Morgan fingerprint density at radius 3 is 2.75 bits per heavy atom. The molecule has 0 aliphatic heterocycles. The molecule has 0 radical (unpaired) electrons. The molecular formula is C21H21N5O4S2. The van der Waals surface area contributed by atoms with E-state index in [4.69, 9.17) is 14.2 Å². The number of methoxy groups -OCH3 is 2. The first-order chi connectivity index (χ1) is 15.6. The lowest BCUT2D eigenvalue weighted by atomic mass is 10.2. The van der Waals surface area contributed by atoms with E-state index < -0.39 is 0 Å². The fourth-order valence-corrected chi connectivity index (χ4v) is 4.43. The Labute approximate surface area is 192 Å². The normalized spacial score (nSPS) is 10.8. The molecule has 11 heteroatoms. The molecule has 166 valence electrons. The van der Waals surface area contributed by atoms with E-state index in [-0.39, 0.29) is 11.7 Å². The number of nitrogens with zero attached hydrogens (tertiary/aromatic N) is 3. The van der Waals surface area contributed by atoms with Gasteiger partial charge in [0.15, 0.2) is 11.0 Å². The Morgan fingerprint density at radius 2 is 1.97 bits per heavy atom. The number of anilines is 1. The van der Waals surface area contributed by atoms with E-state index in [9.17, 15) is 4.79 Å². The van der Waals surface area contributed by atoms with Crippen molar-refractivity contribution >= 4 is 44.4 Å². The van der Waals surface area contributed by atoms with Crippen molar-refractivity contribution in [2.45, 2.75) is 12.1 Å². The summed E-state index contributed by atoms with van der Waals surface area (Å²) in [4.78, 5) is 21.3. The molecule has 32 heavy (non-hydrogen) atoms. The van der Waals surface area contributed by atoms with Gasteiger partial charge in [0.25, 0.3) is 0 Å². The topological polar surface area (TPSA) is 111 Å². The van der Waals surface area contributed by atoms with Gasteiger partial charge in [0.1, 0.15) is 17.2 Å². The van der Waals surface area contributed by atoms with Crippen molar-refractivity contribution < 1.29 is 19.0 Å². The van der Waals surface area contributed by atoms with Crippen molar-refractivity contribution in [2.75, 3.05) is 31.9 Å². The third kappa shape index (κ3) is 4.94. The van der Waals surface area contributed by atoms with Crippen LogP contribution < -0.4 is 19.5 Å². The van der Waals surface area contributed by atoms with Crippen molar-refractivity contribution in [3.8, 4) is 28.6 Å². The highest BCUT2D eigenvalue weighted by molar-refractivity contribution is 7.99. The number of carbonyl (C=O) groups is 1. The number of aromatic amines is 1. The number of amides is 1. The zero-order valence-corrected chi connectivity index (χ0v) is 19.3. The van der Waals surface area contributed by atoms with Crippen LogP contribution in [0.2, 0.25) is 0 Å². The summed E-state index contributed by atoms with van der Waals surface area (Å²) in [5.74, 6) is 2.58. The van der Waals surface area contributed by atoms with Crippen LogP contribution in [0.3, 0.4) is 0 Å². The van der Waals surface area contributed by atoms with Crippen molar-refractivity contribution in [1.29, 1.82) is 0 Å². The van der Waals surface area contributed by atoms with Crippen molar-refractivity contribution in [3.05, 3.63) is 36.4 Å². The van der Waals surface area contributed by atoms with Gasteiger partial charge in [0.2, 0.25) is 11.1 Å². The Kier molecular flexibility index (Phi) is 6.76. The number of H-pyrrole nitrogens is 1. The largest absolute Gasteiger partial charge is 0.497 e. The zero-order valence-electron chi connectivity index (χ0n) is 17.7. The molecule has 0 unspecified atom stereocenters. The van der Waals surface area contributed by atoms with E-state index >= 15 is 0 Å². The molecule has 2 heterocycles. The molecule has 0 atom stereocenters. The monoisotopic (exact) mass is 471 g/mol. The molecule has 0 aliphatic carbocycles. The van der Waals surface area contributed by atoms with Crippen molar-refractivity contribution in [1.82, 2.24) is 20.2 Å². The number of ether oxygens (including phenoxy) is 3. The van der Waals surface area contributed by atoms with Gasteiger partial charge in [-0.05, 0) is 37.3 Å². The van der Waals surface area contributed by atoms with Crippen molar-refractivity contribution in [3.63, 3.8) is 0 Å². The van der Waals surface area contributed by atoms with Gasteiger partial charge >= 0.3 is 0 Å². The van der Waals surface area contributed by atoms with E-state index in [1.54, 1.807) is 20.3 Å². The van der Waals surface area contributed by atoms with Crippen LogP contribution in [-0.2, 0) is 4.79 Å². The van der Waals surface area contributed by atoms with Gasteiger partial charge < -0.3 is 19.5 Å². The van der Waals surface area contributed by atoms with E-state index in [1.165, 1.54) is 23.1 Å². The first-order valence-electron chi connectivity index (χ1n) is 9.70. The first-order valence-corrected chi connectivity index (χ1v) is 11.5. The molecule has 0 fully saturated rings. The van der Waals surface area contributed by atoms with Gasteiger partial charge in [-0.3, -0.25) is 9.89 Å². The third-order valence-electron chi connectivity index (χ3n) is 4.38. The molecule has 2 aromatic heterocycles. The standard InChI is InChI=1S/C21H21N5O4S2/c1-4-30-13-6-8-15-17(10-13)32-20(22-15)23-18(27)11-31-21-24-19(25-26-21)14-7-5-12(28-2)9-16(14)29-3/h5-10H,4,11H2,1-3H3,(H,22,23,27)(H,24,25,26). The number of hydrogen-bond acceptors (Lipinski definition) is 9. The maximum Gasteiger partial charge on any atom is 0.236 e. The second-order valence-corrected chi connectivity index (χ2v) is 8.42. The second-order valence-electron chi connectivity index (χ2n) is 6.45. The molecule has 0 saturated heterocycles. The van der Waals surface area contributed by atoms with E-state index in [1.807, 2.05) is 37.3 Å². The van der Waals surface area contributed by atoms with Crippen LogP contribution in [0.4, 0.5) is 5.13 Å². The number of thiazole rings is 1.